The average Bonchev–Trinajstić information content (AvgIpc) is 2.44. The third-order valence-corrected chi connectivity index (χ3v) is 4.06. The van der Waals surface area contributed by atoms with Crippen molar-refractivity contribution >= 4 is 0 Å². The van der Waals surface area contributed by atoms with Crippen LogP contribution in [0.15, 0.2) is 30.5 Å². The van der Waals surface area contributed by atoms with E-state index in [1.165, 1.54) is 5.56 Å². The molecule has 2 aromatic rings. The fourth-order valence-corrected chi connectivity index (χ4v) is 2.50. The molecule has 1 aromatic carbocycles. The minimum Gasteiger partial charge on any atom is -0.507 e. The molecule has 0 saturated heterocycles. The van der Waals surface area contributed by atoms with E-state index in [1.54, 1.807) is 6.20 Å². The molecule has 3 nitrogen and oxygen atoms in total. The van der Waals surface area contributed by atoms with Crippen molar-refractivity contribution in [2.75, 3.05) is 0 Å². The van der Waals surface area contributed by atoms with Gasteiger partial charge < -0.3 is 10.4 Å². The highest BCUT2D eigenvalue weighted by molar-refractivity contribution is 5.70. The standard InChI is InChI=1S/C21H30N2O/c1-14-8-9-22-18(10-14)17-12-16(20(2,3)4)11-15(19(17)24)13-23-21(5,6)7/h8-12,23-24H,13H2,1-7H3. The molecule has 0 aliphatic heterocycles. The molecule has 0 aliphatic carbocycles. The molecular formula is C21H30N2O. The van der Waals surface area contributed by atoms with Gasteiger partial charge in [-0.15, -0.1) is 0 Å². The summed E-state index contributed by atoms with van der Waals surface area (Å²) < 4.78 is 0. The number of phenols is 1. The van der Waals surface area contributed by atoms with Gasteiger partial charge in [-0.3, -0.25) is 4.98 Å². The quantitative estimate of drug-likeness (QED) is 0.839. The van der Waals surface area contributed by atoms with E-state index in [0.717, 1.165) is 22.4 Å². The van der Waals surface area contributed by atoms with Gasteiger partial charge in [0.15, 0.2) is 0 Å². The Morgan fingerprint density at radius 2 is 1.71 bits per heavy atom. The Morgan fingerprint density at radius 3 is 2.25 bits per heavy atom. The number of aromatic nitrogens is 1. The molecule has 1 aromatic heterocycles. The first kappa shape index (κ1) is 18.5. The molecule has 0 bridgehead atoms. The van der Waals surface area contributed by atoms with Crippen LogP contribution in [0.2, 0.25) is 0 Å². The molecule has 0 fully saturated rings. The van der Waals surface area contributed by atoms with Crippen LogP contribution in [0.5, 0.6) is 5.75 Å². The van der Waals surface area contributed by atoms with Crippen LogP contribution in [0.3, 0.4) is 0 Å². The Labute approximate surface area is 146 Å². The van der Waals surface area contributed by atoms with Crippen molar-refractivity contribution in [2.24, 2.45) is 0 Å². The highest BCUT2D eigenvalue weighted by atomic mass is 16.3. The average molecular weight is 326 g/mol. The van der Waals surface area contributed by atoms with Gasteiger partial charge in [0.05, 0.1) is 5.69 Å². The number of rotatable bonds is 3. The van der Waals surface area contributed by atoms with Crippen molar-refractivity contribution in [1.82, 2.24) is 10.3 Å². The third kappa shape index (κ3) is 4.57. The number of nitrogens with one attached hydrogen (secondary N) is 1. The number of hydrogen-bond donors (Lipinski definition) is 2. The van der Waals surface area contributed by atoms with Gasteiger partial charge in [0.2, 0.25) is 0 Å². The molecular weight excluding hydrogens is 296 g/mol. The van der Waals surface area contributed by atoms with Gasteiger partial charge in [-0.25, -0.2) is 0 Å². The van der Waals surface area contributed by atoms with Crippen LogP contribution >= 0.6 is 0 Å². The van der Waals surface area contributed by atoms with Gasteiger partial charge in [0, 0.05) is 29.4 Å². The molecule has 0 saturated carbocycles. The van der Waals surface area contributed by atoms with Crippen LogP contribution in [0.4, 0.5) is 0 Å². The topological polar surface area (TPSA) is 45.2 Å². The lowest BCUT2D eigenvalue weighted by molar-refractivity contribution is 0.411. The Bertz CT molecular complexity index is 722. The molecule has 130 valence electrons. The van der Waals surface area contributed by atoms with E-state index >= 15 is 0 Å². The Balaban J connectivity index is 2.57. The predicted molar refractivity (Wildman–Crippen MR) is 101 cm³/mol. The Morgan fingerprint density at radius 1 is 1.04 bits per heavy atom. The molecule has 2 rings (SSSR count). The zero-order valence-corrected chi connectivity index (χ0v) is 16.0. The molecule has 2 N–H and O–H groups in total. The second-order valence-electron chi connectivity index (χ2n) is 8.60. The maximum absolute atomic E-state index is 10.8. The summed E-state index contributed by atoms with van der Waals surface area (Å²) in [6.45, 7) is 15.6. The smallest absolute Gasteiger partial charge is 0.129 e. The van der Waals surface area contributed by atoms with Crippen molar-refractivity contribution in [1.29, 1.82) is 0 Å². The fraction of sp³-hybridized carbons (Fsp3) is 0.476. The maximum atomic E-state index is 10.8. The van der Waals surface area contributed by atoms with E-state index in [-0.39, 0.29) is 11.0 Å². The van der Waals surface area contributed by atoms with Crippen LogP contribution in [0.1, 0.15) is 58.2 Å². The van der Waals surface area contributed by atoms with E-state index in [2.05, 4.69) is 64.0 Å². The lowest BCUT2D eigenvalue weighted by Crippen LogP contribution is -2.35. The van der Waals surface area contributed by atoms with Crippen molar-refractivity contribution in [3.8, 4) is 17.0 Å². The zero-order chi connectivity index (χ0) is 18.1. The summed E-state index contributed by atoms with van der Waals surface area (Å²) in [5.41, 5.74) is 4.86. The predicted octanol–water partition coefficient (Wildman–Crippen LogP) is 4.95. The monoisotopic (exact) mass is 326 g/mol. The van der Waals surface area contributed by atoms with E-state index in [0.29, 0.717) is 12.3 Å². The molecule has 3 heteroatoms. The van der Waals surface area contributed by atoms with Crippen molar-refractivity contribution < 1.29 is 5.11 Å². The van der Waals surface area contributed by atoms with Gasteiger partial charge in [0.25, 0.3) is 0 Å². The number of phenolic OH excluding ortho intramolecular Hbond substituents is 1. The number of pyridine rings is 1. The highest BCUT2D eigenvalue weighted by Crippen LogP contribution is 2.36. The second kappa shape index (κ2) is 6.56. The SMILES string of the molecule is Cc1ccnc(-c2cc(C(C)(C)C)cc(CNC(C)(C)C)c2O)c1. The van der Waals surface area contributed by atoms with Crippen LogP contribution < -0.4 is 5.32 Å². The molecule has 1 heterocycles. The van der Waals surface area contributed by atoms with Crippen molar-refractivity contribution in [3.63, 3.8) is 0 Å². The summed E-state index contributed by atoms with van der Waals surface area (Å²) in [6, 6.07) is 8.16. The number of aromatic hydroxyl groups is 1. The molecule has 0 spiro atoms. The van der Waals surface area contributed by atoms with E-state index < -0.39 is 0 Å². The number of nitrogens with zero attached hydrogens (tertiary/aromatic N) is 1. The maximum Gasteiger partial charge on any atom is 0.129 e. The van der Waals surface area contributed by atoms with E-state index in [4.69, 9.17) is 0 Å². The van der Waals surface area contributed by atoms with Crippen molar-refractivity contribution in [3.05, 3.63) is 47.2 Å². The summed E-state index contributed by atoms with van der Waals surface area (Å²) in [5, 5.41) is 14.3. The summed E-state index contributed by atoms with van der Waals surface area (Å²) in [6.07, 6.45) is 1.79. The van der Waals surface area contributed by atoms with Gasteiger partial charge in [0.1, 0.15) is 5.75 Å². The molecule has 0 amide bonds. The van der Waals surface area contributed by atoms with Gasteiger partial charge in [-0.1, -0.05) is 26.8 Å². The van der Waals surface area contributed by atoms with Crippen LogP contribution in [-0.2, 0) is 12.0 Å². The number of benzene rings is 1. The summed E-state index contributed by atoms with van der Waals surface area (Å²) in [5.74, 6) is 0.317. The molecule has 0 aliphatic rings. The summed E-state index contributed by atoms with van der Waals surface area (Å²) in [7, 11) is 0. The fourth-order valence-electron chi connectivity index (χ4n) is 2.50. The minimum absolute atomic E-state index is 0.00274. The van der Waals surface area contributed by atoms with Gasteiger partial charge in [-0.05, 0) is 62.4 Å². The molecule has 0 radical (unpaired) electrons. The first-order valence-corrected chi connectivity index (χ1v) is 8.52. The van der Waals surface area contributed by atoms with Crippen molar-refractivity contribution in [2.45, 2.75) is 66.0 Å². The number of aryl methyl sites for hydroxylation is 1. The molecule has 0 unspecified atom stereocenters. The largest absolute Gasteiger partial charge is 0.507 e. The zero-order valence-electron chi connectivity index (χ0n) is 16.0. The van der Waals surface area contributed by atoms with Crippen LogP contribution in [0, 0.1) is 6.92 Å². The van der Waals surface area contributed by atoms with E-state index in [9.17, 15) is 5.11 Å². The van der Waals surface area contributed by atoms with Crippen LogP contribution in [-0.4, -0.2) is 15.6 Å². The summed E-state index contributed by atoms with van der Waals surface area (Å²) in [4.78, 5) is 4.46. The minimum atomic E-state index is -0.00801. The van der Waals surface area contributed by atoms with Gasteiger partial charge >= 0.3 is 0 Å². The van der Waals surface area contributed by atoms with Gasteiger partial charge in [-0.2, -0.15) is 0 Å². The molecule has 0 atom stereocenters. The molecule has 24 heavy (non-hydrogen) atoms. The van der Waals surface area contributed by atoms with Crippen LogP contribution in [0.25, 0.3) is 11.3 Å². The first-order valence-electron chi connectivity index (χ1n) is 8.52. The number of hydrogen-bond acceptors (Lipinski definition) is 3. The second-order valence-corrected chi connectivity index (χ2v) is 8.60. The third-order valence-electron chi connectivity index (χ3n) is 4.06. The van der Waals surface area contributed by atoms with E-state index in [1.807, 2.05) is 19.1 Å². The Kier molecular flexibility index (Phi) is 5.05. The summed E-state index contributed by atoms with van der Waals surface area (Å²) >= 11 is 0. The Hall–Kier alpha value is -1.87. The lowest BCUT2D eigenvalue weighted by atomic mass is 9.84. The lowest BCUT2D eigenvalue weighted by Gasteiger charge is -2.25. The normalized spacial score (nSPS) is 12.5. The first-order chi connectivity index (χ1) is 11.0. The highest BCUT2D eigenvalue weighted by Gasteiger charge is 2.21.